The van der Waals surface area contributed by atoms with Crippen molar-refractivity contribution in [2.45, 2.75) is 0 Å². The Balaban J connectivity index is 2.11. The fourth-order valence-electron chi connectivity index (χ4n) is 1.89. The first-order chi connectivity index (χ1) is 9.15. The molecule has 1 heterocycles. The third-order valence-corrected chi connectivity index (χ3v) is 2.80. The van der Waals surface area contributed by atoms with E-state index in [0.717, 1.165) is 0 Å². The van der Waals surface area contributed by atoms with Crippen LogP contribution in [0.2, 0.25) is 0 Å². The van der Waals surface area contributed by atoms with Crippen molar-refractivity contribution in [3.05, 3.63) is 70.0 Å². The van der Waals surface area contributed by atoms with Crippen molar-refractivity contribution in [1.29, 1.82) is 0 Å². The van der Waals surface area contributed by atoms with E-state index in [2.05, 4.69) is 4.98 Å². The highest BCUT2D eigenvalue weighted by atomic mass is 19.1. The van der Waals surface area contributed by atoms with Crippen LogP contribution in [0, 0.1) is 5.82 Å². The Morgan fingerprint density at radius 3 is 2.74 bits per heavy atom. The van der Waals surface area contributed by atoms with Crippen LogP contribution in [0.1, 0.15) is 15.9 Å². The van der Waals surface area contributed by atoms with Gasteiger partial charge < -0.3 is 4.42 Å². The van der Waals surface area contributed by atoms with Crippen LogP contribution in [0.3, 0.4) is 0 Å². The first kappa shape index (κ1) is 11.4. The highest BCUT2D eigenvalue weighted by molar-refractivity contribution is 6.10. The van der Waals surface area contributed by atoms with Gasteiger partial charge in [-0.25, -0.2) is 9.18 Å². The summed E-state index contributed by atoms with van der Waals surface area (Å²) in [6.45, 7) is 0. The van der Waals surface area contributed by atoms with Gasteiger partial charge in [-0.05, 0) is 30.3 Å². The fourth-order valence-corrected chi connectivity index (χ4v) is 1.89. The molecule has 0 saturated carbocycles. The Kier molecular flexibility index (Phi) is 2.52. The van der Waals surface area contributed by atoms with Crippen LogP contribution in [-0.2, 0) is 0 Å². The van der Waals surface area contributed by atoms with E-state index in [9.17, 15) is 14.0 Å². The molecule has 4 nitrogen and oxygen atoms in total. The van der Waals surface area contributed by atoms with Crippen LogP contribution in [0.4, 0.5) is 4.39 Å². The number of benzene rings is 2. The standard InChI is InChI=1S/C14H8FNO3/c15-10-4-2-1-3-9(10)13(17)8-5-6-12-11(7-8)16-14(18)19-12/h1-7H,(H,16,18). The second kappa shape index (κ2) is 4.20. The predicted octanol–water partition coefficient (Wildman–Crippen LogP) is 2.49. The number of hydrogen-bond donors (Lipinski definition) is 1. The number of nitrogens with one attached hydrogen (secondary N) is 1. The number of halogens is 1. The second-order valence-corrected chi connectivity index (χ2v) is 4.03. The molecule has 0 radical (unpaired) electrons. The zero-order chi connectivity index (χ0) is 13.4. The predicted molar refractivity (Wildman–Crippen MR) is 66.7 cm³/mol. The monoisotopic (exact) mass is 257 g/mol. The lowest BCUT2D eigenvalue weighted by Crippen LogP contribution is -2.03. The van der Waals surface area contributed by atoms with Crippen molar-refractivity contribution in [2.75, 3.05) is 0 Å². The molecule has 3 aromatic rings. The number of hydrogen-bond acceptors (Lipinski definition) is 3. The van der Waals surface area contributed by atoms with Crippen molar-refractivity contribution >= 4 is 16.9 Å². The fraction of sp³-hybridized carbons (Fsp3) is 0. The lowest BCUT2D eigenvalue weighted by atomic mass is 10.0. The minimum atomic E-state index is -0.592. The topological polar surface area (TPSA) is 63.1 Å². The van der Waals surface area contributed by atoms with Gasteiger partial charge in [0.15, 0.2) is 11.4 Å². The molecular formula is C14H8FNO3. The van der Waals surface area contributed by atoms with Crippen molar-refractivity contribution in [3.8, 4) is 0 Å². The zero-order valence-electron chi connectivity index (χ0n) is 9.64. The van der Waals surface area contributed by atoms with E-state index < -0.39 is 17.4 Å². The van der Waals surface area contributed by atoms with Crippen molar-refractivity contribution in [3.63, 3.8) is 0 Å². The molecule has 0 fully saturated rings. The second-order valence-electron chi connectivity index (χ2n) is 4.03. The summed E-state index contributed by atoms with van der Waals surface area (Å²) in [5.41, 5.74) is 1.05. The van der Waals surface area contributed by atoms with Crippen LogP contribution in [0.15, 0.2) is 51.7 Å². The lowest BCUT2D eigenvalue weighted by molar-refractivity contribution is 0.103. The van der Waals surface area contributed by atoms with Crippen molar-refractivity contribution < 1.29 is 13.6 Å². The summed E-state index contributed by atoms with van der Waals surface area (Å²) in [5, 5.41) is 0. The van der Waals surface area contributed by atoms with Gasteiger partial charge in [-0.2, -0.15) is 0 Å². The van der Waals surface area contributed by atoms with E-state index in [0.29, 0.717) is 11.1 Å². The number of carbonyl (C=O) groups is 1. The van der Waals surface area contributed by atoms with Gasteiger partial charge in [-0.15, -0.1) is 0 Å². The number of H-pyrrole nitrogens is 1. The van der Waals surface area contributed by atoms with Crippen molar-refractivity contribution in [1.82, 2.24) is 4.98 Å². The van der Waals surface area contributed by atoms with E-state index in [1.165, 1.54) is 36.4 Å². The molecule has 1 N–H and O–H groups in total. The molecule has 0 unspecified atom stereocenters. The number of carbonyl (C=O) groups excluding carboxylic acids is 1. The Bertz CT molecular complexity index is 832. The molecule has 2 aromatic carbocycles. The van der Waals surface area contributed by atoms with Gasteiger partial charge in [0, 0.05) is 5.56 Å². The van der Waals surface area contributed by atoms with Gasteiger partial charge in [0.05, 0.1) is 11.1 Å². The molecule has 19 heavy (non-hydrogen) atoms. The zero-order valence-corrected chi connectivity index (χ0v) is 9.64. The van der Waals surface area contributed by atoms with Gasteiger partial charge in [0.2, 0.25) is 0 Å². The molecule has 3 rings (SSSR count). The number of aromatic amines is 1. The smallest absolute Gasteiger partial charge is 0.408 e. The molecular weight excluding hydrogens is 249 g/mol. The van der Waals surface area contributed by atoms with Crippen LogP contribution in [0.25, 0.3) is 11.1 Å². The molecule has 0 saturated heterocycles. The molecule has 0 aliphatic heterocycles. The van der Waals surface area contributed by atoms with E-state index in [4.69, 9.17) is 4.42 Å². The summed E-state index contributed by atoms with van der Waals surface area (Å²) in [7, 11) is 0. The number of ketones is 1. The maximum atomic E-state index is 13.5. The van der Waals surface area contributed by atoms with Gasteiger partial charge in [-0.3, -0.25) is 9.78 Å². The normalized spacial score (nSPS) is 10.8. The molecule has 0 aliphatic rings. The van der Waals surface area contributed by atoms with Gasteiger partial charge in [-0.1, -0.05) is 12.1 Å². The quantitative estimate of drug-likeness (QED) is 0.717. The molecule has 0 amide bonds. The Hall–Kier alpha value is -2.69. The summed E-state index contributed by atoms with van der Waals surface area (Å²) in [5.74, 6) is -1.61. The van der Waals surface area contributed by atoms with Gasteiger partial charge >= 0.3 is 5.76 Å². The molecule has 94 valence electrons. The first-order valence-corrected chi connectivity index (χ1v) is 5.57. The van der Waals surface area contributed by atoms with Crippen LogP contribution >= 0.6 is 0 Å². The average molecular weight is 257 g/mol. The highest BCUT2D eigenvalue weighted by Crippen LogP contribution is 2.17. The Labute approximate surface area is 106 Å². The SMILES string of the molecule is O=C(c1ccc2oc(=O)[nH]c2c1)c1ccccc1F. The third kappa shape index (κ3) is 1.95. The Morgan fingerprint density at radius 1 is 1.16 bits per heavy atom. The van der Waals surface area contributed by atoms with E-state index in [1.807, 2.05) is 0 Å². The maximum Gasteiger partial charge on any atom is 0.417 e. The summed E-state index contributed by atoms with van der Waals surface area (Å²) in [6.07, 6.45) is 0. The van der Waals surface area contributed by atoms with Crippen LogP contribution < -0.4 is 5.76 Å². The van der Waals surface area contributed by atoms with Crippen molar-refractivity contribution in [2.24, 2.45) is 0 Å². The number of fused-ring (bicyclic) bond motifs is 1. The molecule has 0 atom stereocenters. The largest absolute Gasteiger partial charge is 0.417 e. The van der Waals surface area contributed by atoms with Gasteiger partial charge in [0.1, 0.15) is 5.82 Å². The van der Waals surface area contributed by atoms with E-state index in [1.54, 1.807) is 6.07 Å². The molecule has 5 heteroatoms. The van der Waals surface area contributed by atoms with Gasteiger partial charge in [0.25, 0.3) is 0 Å². The minimum Gasteiger partial charge on any atom is -0.408 e. The summed E-state index contributed by atoms with van der Waals surface area (Å²) in [6, 6.07) is 10.2. The summed E-state index contributed by atoms with van der Waals surface area (Å²) in [4.78, 5) is 25.6. The molecule has 0 aliphatic carbocycles. The van der Waals surface area contributed by atoms with Crippen LogP contribution in [0.5, 0.6) is 0 Å². The maximum absolute atomic E-state index is 13.5. The first-order valence-electron chi connectivity index (χ1n) is 5.57. The Morgan fingerprint density at radius 2 is 1.95 bits per heavy atom. The molecule has 0 spiro atoms. The summed E-state index contributed by atoms with van der Waals surface area (Å²) < 4.78 is 18.4. The lowest BCUT2D eigenvalue weighted by Gasteiger charge is -2.02. The average Bonchev–Trinajstić information content (AvgIpc) is 2.77. The third-order valence-electron chi connectivity index (χ3n) is 2.80. The van der Waals surface area contributed by atoms with E-state index in [-0.39, 0.29) is 11.1 Å². The number of aromatic nitrogens is 1. The molecule has 1 aromatic heterocycles. The molecule has 0 bridgehead atoms. The number of oxazole rings is 1. The minimum absolute atomic E-state index is 0.00677. The highest BCUT2D eigenvalue weighted by Gasteiger charge is 2.14. The van der Waals surface area contributed by atoms with E-state index >= 15 is 0 Å². The number of rotatable bonds is 2. The van der Waals surface area contributed by atoms with Crippen LogP contribution in [-0.4, -0.2) is 10.8 Å². The summed E-state index contributed by atoms with van der Waals surface area (Å²) >= 11 is 0.